The molecule has 0 fully saturated rings. The van der Waals surface area contributed by atoms with E-state index in [0.717, 1.165) is 28.0 Å². The summed E-state index contributed by atoms with van der Waals surface area (Å²) in [5, 5.41) is 13.2. The SMILES string of the molecule is Cc1cccc(Nc2nn(C[NH+](C)Cc3ccsc3)c(=S)s2)c1C. The Kier molecular flexibility index (Phi) is 5.45. The van der Waals surface area contributed by atoms with Gasteiger partial charge in [-0.15, -0.1) is 5.10 Å². The topological polar surface area (TPSA) is 34.3 Å². The highest BCUT2D eigenvalue weighted by Gasteiger charge is 2.11. The van der Waals surface area contributed by atoms with Crippen LogP contribution in [0.2, 0.25) is 0 Å². The minimum absolute atomic E-state index is 0.764. The number of quaternary nitrogens is 1. The predicted molar refractivity (Wildman–Crippen MR) is 105 cm³/mol. The quantitative estimate of drug-likeness (QED) is 0.642. The molecule has 0 amide bonds. The molecule has 2 N–H and O–H groups in total. The van der Waals surface area contributed by atoms with E-state index in [-0.39, 0.29) is 0 Å². The zero-order valence-electron chi connectivity index (χ0n) is 14.0. The van der Waals surface area contributed by atoms with Gasteiger partial charge in [-0.25, -0.2) is 0 Å². The van der Waals surface area contributed by atoms with Gasteiger partial charge in [0.2, 0.25) is 5.13 Å². The maximum atomic E-state index is 5.48. The summed E-state index contributed by atoms with van der Waals surface area (Å²) in [5.74, 6) is 0. The highest BCUT2D eigenvalue weighted by atomic mass is 32.1. The molecule has 1 unspecified atom stereocenters. The van der Waals surface area contributed by atoms with E-state index in [4.69, 9.17) is 12.2 Å². The summed E-state index contributed by atoms with van der Waals surface area (Å²) < 4.78 is 2.71. The molecular weight excluding hydrogens is 356 g/mol. The summed E-state index contributed by atoms with van der Waals surface area (Å²) in [6.45, 7) is 5.97. The summed E-state index contributed by atoms with van der Waals surface area (Å²) in [6, 6.07) is 8.41. The van der Waals surface area contributed by atoms with Gasteiger partial charge in [0.15, 0.2) is 10.6 Å². The molecule has 3 aromatic rings. The molecule has 0 aliphatic heterocycles. The monoisotopic (exact) mass is 377 g/mol. The second-order valence-electron chi connectivity index (χ2n) is 5.97. The van der Waals surface area contributed by atoms with Gasteiger partial charge in [-0.05, 0) is 60.1 Å². The molecular formula is C17H21N4S3+. The van der Waals surface area contributed by atoms with Gasteiger partial charge >= 0.3 is 0 Å². The fourth-order valence-electron chi connectivity index (χ4n) is 2.51. The summed E-state index contributed by atoms with van der Waals surface area (Å²) in [4.78, 5) is 1.35. The molecule has 0 aliphatic rings. The van der Waals surface area contributed by atoms with Crippen molar-refractivity contribution in [3.8, 4) is 0 Å². The normalized spacial score (nSPS) is 12.3. The third-order valence-electron chi connectivity index (χ3n) is 3.96. The standard InChI is InChI=1S/C17H20N4S3/c1-12-5-4-6-15(13(12)2)18-16-19-21(17(22)24-16)11-20(3)9-14-7-8-23-10-14/h4-8,10H,9,11H2,1-3H3,(H,18,19)/p+1. The van der Waals surface area contributed by atoms with Crippen molar-refractivity contribution < 1.29 is 4.90 Å². The second kappa shape index (κ2) is 7.57. The van der Waals surface area contributed by atoms with Crippen LogP contribution in [0.1, 0.15) is 16.7 Å². The lowest BCUT2D eigenvalue weighted by atomic mass is 10.1. The maximum Gasteiger partial charge on any atom is 0.209 e. The van der Waals surface area contributed by atoms with Crippen molar-refractivity contribution in [2.75, 3.05) is 12.4 Å². The molecule has 1 aromatic carbocycles. The number of anilines is 2. The minimum atomic E-state index is 0.764. The van der Waals surface area contributed by atoms with Crippen LogP contribution >= 0.6 is 34.9 Å². The van der Waals surface area contributed by atoms with Crippen molar-refractivity contribution in [3.05, 3.63) is 55.7 Å². The lowest BCUT2D eigenvalue weighted by Crippen LogP contribution is -3.06. The molecule has 0 radical (unpaired) electrons. The molecule has 0 spiro atoms. The Hall–Kier alpha value is -1.54. The van der Waals surface area contributed by atoms with Gasteiger partial charge in [-0.3, -0.25) is 0 Å². The minimum Gasteiger partial charge on any atom is -0.330 e. The van der Waals surface area contributed by atoms with Gasteiger partial charge in [0.1, 0.15) is 6.54 Å². The molecule has 2 aromatic heterocycles. The molecule has 3 rings (SSSR count). The zero-order valence-corrected chi connectivity index (χ0v) is 16.4. The van der Waals surface area contributed by atoms with Gasteiger partial charge in [0, 0.05) is 11.3 Å². The lowest BCUT2D eigenvalue weighted by molar-refractivity contribution is -0.917. The third-order valence-corrected chi connectivity index (χ3v) is 5.91. The van der Waals surface area contributed by atoms with E-state index >= 15 is 0 Å². The molecule has 0 bridgehead atoms. The lowest BCUT2D eigenvalue weighted by Gasteiger charge is -2.12. The molecule has 7 heteroatoms. The number of rotatable bonds is 6. The summed E-state index contributed by atoms with van der Waals surface area (Å²) in [7, 11) is 2.16. The molecule has 1 atom stereocenters. The summed E-state index contributed by atoms with van der Waals surface area (Å²) in [6.07, 6.45) is 0. The fraction of sp³-hybridized carbons (Fsp3) is 0.294. The summed E-state index contributed by atoms with van der Waals surface area (Å²) in [5.41, 5.74) is 4.95. The molecule has 24 heavy (non-hydrogen) atoms. The van der Waals surface area contributed by atoms with Crippen molar-refractivity contribution in [3.63, 3.8) is 0 Å². The first-order chi connectivity index (χ1) is 11.5. The number of thiophene rings is 1. The average Bonchev–Trinajstić information content (AvgIpc) is 3.14. The Bertz CT molecular complexity index is 864. The first-order valence-corrected chi connectivity index (χ1v) is 9.93. The Balaban J connectivity index is 1.71. The first kappa shape index (κ1) is 17.3. The average molecular weight is 378 g/mol. The highest BCUT2D eigenvalue weighted by Crippen LogP contribution is 2.24. The molecule has 0 saturated heterocycles. The molecule has 126 valence electrons. The van der Waals surface area contributed by atoms with Crippen LogP contribution in [0.25, 0.3) is 0 Å². The molecule has 0 aliphatic carbocycles. The van der Waals surface area contributed by atoms with Crippen LogP contribution in [0.5, 0.6) is 0 Å². The number of benzene rings is 1. The van der Waals surface area contributed by atoms with E-state index in [9.17, 15) is 0 Å². The van der Waals surface area contributed by atoms with Crippen molar-refractivity contribution in [1.29, 1.82) is 0 Å². The van der Waals surface area contributed by atoms with E-state index in [2.05, 4.69) is 66.3 Å². The number of hydrogen-bond acceptors (Lipinski definition) is 5. The number of hydrogen-bond donors (Lipinski definition) is 2. The van der Waals surface area contributed by atoms with Gasteiger partial charge in [0.25, 0.3) is 0 Å². The Morgan fingerprint density at radius 1 is 1.29 bits per heavy atom. The number of aryl methyl sites for hydroxylation is 1. The molecule has 4 nitrogen and oxygen atoms in total. The van der Waals surface area contributed by atoms with Crippen molar-refractivity contribution >= 4 is 45.7 Å². The zero-order chi connectivity index (χ0) is 17.1. The van der Waals surface area contributed by atoms with Gasteiger partial charge < -0.3 is 10.2 Å². The van der Waals surface area contributed by atoms with Crippen LogP contribution in [0.3, 0.4) is 0 Å². The van der Waals surface area contributed by atoms with Crippen LogP contribution in [0, 0.1) is 17.8 Å². The molecule has 0 saturated carbocycles. The van der Waals surface area contributed by atoms with Crippen LogP contribution in [-0.2, 0) is 13.2 Å². The highest BCUT2D eigenvalue weighted by molar-refractivity contribution is 7.73. The number of nitrogens with one attached hydrogen (secondary N) is 2. The molecule has 2 heterocycles. The first-order valence-electron chi connectivity index (χ1n) is 7.76. The Labute approximate surface area is 155 Å². The predicted octanol–water partition coefficient (Wildman–Crippen LogP) is 3.77. The van der Waals surface area contributed by atoms with E-state index in [0.29, 0.717) is 0 Å². The van der Waals surface area contributed by atoms with Crippen molar-refractivity contribution in [1.82, 2.24) is 9.78 Å². The second-order valence-corrected chi connectivity index (χ2v) is 8.37. The van der Waals surface area contributed by atoms with E-state index in [1.165, 1.54) is 32.9 Å². The third kappa shape index (κ3) is 4.10. The van der Waals surface area contributed by atoms with Crippen LogP contribution < -0.4 is 10.2 Å². The number of nitrogens with zero attached hydrogens (tertiary/aromatic N) is 2. The maximum absolute atomic E-state index is 5.48. The van der Waals surface area contributed by atoms with E-state index < -0.39 is 0 Å². The smallest absolute Gasteiger partial charge is 0.209 e. The van der Waals surface area contributed by atoms with Crippen molar-refractivity contribution in [2.24, 2.45) is 0 Å². The van der Waals surface area contributed by atoms with Crippen molar-refractivity contribution in [2.45, 2.75) is 27.1 Å². The number of aromatic nitrogens is 2. The Morgan fingerprint density at radius 2 is 2.12 bits per heavy atom. The van der Waals surface area contributed by atoms with Gasteiger partial charge in [-0.2, -0.15) is 16.0 Å². The van der Waals surface area contributed by atoms with Crippen LogP contribution in [0.4, 0.5) is 10.8 Å². The van der Waals surface area contributed by atoms with Gasteiger partial charge in [-0.1, -0.05) is 23.5 Å². The fourth-order valence-corrected chi connectivity index (χ4v) is 4.20. The van der Waals surface area contributed by atoms with E-state index in [1.807, 2.05) is 4.68 Å². The summed E-state index contributed by atoms with van der Waals surface area (Å²) >= 11 is 8.73. The van der Waals surface area contributed by atoms with Crippen LogP contribution in [0.15, 0.2) is 35.0 Å². The Morgan fingerprint density at radius 3 is 2.88 bits per heavy atom. The van der Waals surface area contributed by atoms with Gasteiger partial charge in [0.05, 0.1) is 7.05 Å². The largest absolute Gasteiger partial charge is 0.330 e. The van der Waals surface area contributed by atoms with E-state index in [1.54, 1.807) is 11.3 Å². The van der Waals surface area contributed by atoms with Crippen LogP contribution in [-0.4, -0.2) is 16.8 Å².